The van der Waals surface area contributed by atoms with Gasteiger partial charge >= 0.3 is 12.1 Å². The summed E-state index contributed by atoms with van der Waals surface area (Å²) >= 11 is 0. The maximum Gasteiger partial charge on any atom is 0.411 e. The summed E-state index contributed by atoms with van der Waals surface area (Å²) in [6.45, 7) is 7.59. The number of anilines is 1. The molecule has 204 valence electrons. The predicted octanol–water partition coefficient (Wildman–Crippen LogP) is 5.54. The fourth-order valence-corrected chi connectivity index (χ4v) is 5.38. The Morgan fingerprint density at radius 1 is 1.07 bits per heavy atom. The second-order valence-electron chi connectivity index (χ2n) is 10.5. The van der Waals surface area contributed by atoms with E-state index in [0.717, 1.165) is 11.1 Å². The topological polar surface area (TPSA) is 97.8 Å². The Bertz CT molecular complexity index is 1390. The van der Waals surface area contributed by atoms with E-state index in [9.17, 15) is 14.4 Å². The molecule has 2 aromatic carbocycles. The molecule has 1 N–H and O–H groups in total. The van der Waals surface area contributed by atoms with Crippen molar-refractivity contribution >= 4 is 29.7 Å². The Hall–Kier alpha value is -4.72. The van der Waals surface area contributed by atoms with E-state index in [1.807, 2.05) is 74.5 Å². The molecule has 3 heterocycles. The van der Waals surface area contributed by atoms with Gasteiger partial charge in [-0.1, -0.05) is 87.2 Å². The van der Waals surface area contributed by atoms with Gasteiger partial charge in [0, 0.05) is 5.57 Å². The molecule has 2 aliphatic rings. The number of β-lactam (4-membered cyclic amide) rings is 1. The Morgan fingerprint density at radius 2 is 1.73 bits per heavy atom. The van der Waals surface area contributed by atoms with E-state index in [-0.39, 0.29) is 18.6 Å². The van der Waals surface area contributed by atoms with Crippen molar-refractivity contribution in [3.8, 4) is 0 Å². The van der Waals surface area contributed by atoms with Crippen molar-refractivity contribution in [2.24, 2.45) is 5.41 Å². The number of hydrogen-bond acceptors (Lipinski definition) is 6. The van der Waals surface area contributed by atoms with Crippen LogP contribution in [0.2, 0.25) is 0 Å². The SMILES string of the molecule is C=CCOC(=O)Nc1ccc(/C=C2/C(=O)N3C2CC(C)(C)[C@@H]3C(=O)OC(c2ccccc2)c2ccccc2)nc1. The molecule has 2 fully saturated rings. The van der Waals surface area contributed by atoms with Crippen LogP contribution < -0.4 is 5.32 Å². The number of fused-ring (bicyclic) bond motifs is 1. The molecule has 2 atom stereocenters. The average molecular weight is 538 g/mol. The third kappa shape index (κ3) is 5.38. The van der Waals surface area contributed by atoms with Crippen molar-refractivity contribution in [1.82, 2.24) is 9.88 Å². The van der Waals surface area contributed by atoms with Gasteiger partial charge in [-0.15, -0.1) is 0 Å². The summed E-state index contributed by atoms with van der Waals surface area (Å²) in [5.41, 5.74) is 2.88. The van der Waals surface area contributed by atoms with Crippen LogP contribution in [0.15, 0.2) is 97.2 Å². The van der Waals surface area contributed by atoms with E-state index in [0.29, 0.717) is 23.4 Å². The molecule has 2 saturated heterocycles. The lowest BCUT2D eigenvalue weighted by Crippen LogP contribution is -2.58. The van der Waals surface area contributed by atoms with E-state index >= 15 is 0 Å². The molecule has 2 amide bonds. The molecule has 8 heteroatoms. The number of amides is 2. The smallest absolute Gasteiger partial charge is 0.411 e. The molecule has 1 aromatic heterocycles. The van der Waals surface area contributed by atoms with Crippen LogP contribution in [-0.2, 0) is 19.1 Å². The number of nitrogens with one attached hydrogen (secondary N) is 1. The van der Waals surface area contributed by atoms with Gasteiger partial charge in [0.25, 0.3) is 5.91 Å². The van der Waals surface area contributed by atoms with E-state index in [4.69, 9.17) is 9.47 Å². The van der Waals surface area contributed by atoms with E-state index < -0.39 is 29.6 Å². The predicted molar refractivity (Wildman–Crippen MR) is 151 cm³/mol. The van der Waals surface area contributed by atoms with Crippen LogP contribution >= 0.6 is 0 Å². The highest BCUT2D eigenvalue weighted by molar-refractivity contribution is 6.08. The molecule has 3 aromatic rings. The fourth-order valence-electron chi connectivity index (χ4n) is 5.38. The van der Waals surface area contributed by atoms with Gasteiger partial charge in [0.2, 0.25) is 0 Å². The maximum absolute atomic E-state index is 13.7. The summed E-state index contributed by atoms with van der Waals surface area (Å²) in [6.07, 6.45) is 4.15. The van der Waals surface area contributed by atoms with Gasteiger partial charge in [0.05, 0.1) is 23.6 Å². The summed E-state index contributed by atoms with van der Waals surface area (Å²) in [6, 6.07) is 21.7. The lowest BCUT2D eigenvalue weighted by molar-refractivity contribution is -0.162. The van der Waals surface area contributed by atoms with Crippen LogP contribution in [-0.4, -0.2) is 46.5 Å². The highest BCUT2D eigenvalue weighted by atomic mass is 16.6. The number of nitrogens with zero attached hydrogens (tertiary/aromatic N) is 2. The monoisotopic (exact) mass is 537 g/mol. The highest BCUT2D eigenvalue weighted by Gasteiger charge is 2.61. The zero-order chi connectivity index (χ0) is 28.3. The number of carbonyl (C=O) groups excluding carboxylic acids is 3. The van der Waals surface area contributed by atoms with Crippen LogP contribution in [0.3, 0.4) is 0 Å². The van der Waals surface area contributed by atoms with E-state index in [1.165, 1.54) is 12.3 Å². The first-order chi connectivity index (χ1) is 19.3. The molecule has 0 aliphatic carbocycles. The molecule has 1 unspecified atom stereocenters. The number of rotatable bonds is 8. The van der Waals surface area contributed by atoms with Crippen molar-refractivity contribution in [2.45, 2.75) is 38.5 Å². The third-order valence-corrected chi connectivity index (χ3v) is 7.24. The van der Waals surface area contributed by atoms with Crippen molar-refractivity contribution in [3.05, 3.63) is 114 Å². The second kappa shape index (κ2) is 11.2. The Morgan fingerprint density at radius 3 is 2.30 bits per heavy atom. The number of aromatic nitrogens is 1. The number of pyridine rings is 1. The molecular formula is C32H31N3O5. The average Bonchev–Trinajstić information content (AvgIpc) is 3.22. The molecule has 40 heavy (non-hydrogen) atoms. The lowest BCUT2D eigenvalue weighted by Gasteiger charge is -2.41. The zero-order valence-electron chi connectivity index (χ0n) is 22.4. The summed E-state index contributed by atoms with van der Waals surface area (Å²) in [5.74, 6) is -0.625. The molecular weight excluding hydrogens is 506 g/mol. The zero-order valence-corrected chi connectivity index (χ0v) is 22.4. The van der Waals surface area contributed by atoms with Crippen LogP contribution in [0.1, 0.15) is 43.2 Å². The summed E-state index contributed by atoms with van der Waals surface area (Å²) in [4.78, 5) is 44.8. The number of esters is 1. The van der Waals surface area contributed by atoms with Crippen molar-refractivity contribution < 1.29 is 23.9 Å². The van der Waals surface area contributed by atoms with Crippen molar-refractivity contribution in [1.29, 1.82) is 0 Å². The van der Waals surface area contributed by atoms with Crippen LogP contribution in [0.25, 0.3) is 6.08 Å². The summed E-state index contributed by atoms with van der Waals surface area (Å²) < 4.78 is 11.1. The largest absolute Gasteiger partial charge is 0.451 e. The van der Waals surface area contributed by atoms with Crippen molar-refractivity contribution in [3.63, 3.8) is 0 Å². The van der Waals surface area contributed by atoms with Gasteiger partial charge in [-0.2, -0.15) is 0 Å². The summed E-state index contributed by atoms with van der Waals surface area (Å²) in [5, 5.41) is 2.58. The number of carbonyl (C=O) groups is 3. The minimum absolute atomic E-state index is 0.105. The molecule has 0 radical (unpaired) electrons. The quantitative estimate of drug-likeness (QED) is 0.175. The van der Waals surface area contributed by atoms with Crippen LogP contribution in [0.5, 0.6) is 0 Å². The van der Waals surface area contributed by atoms with Gasteiger partial charge in [-0.3, -0.25) is 15.1 Å². The third-order valence-electron chi connectivity index (χ3n) is 7.24. The molecule has 5 rings (SSSR count). The number of ether oxygens (including phenoxy) is 2. The van der Waals surface area contributed by atoms with Gasteiger partial charge in [0.15, 0.2) is 6.10 Å². The van der Waals surface area contributed by atoms with Gasteiger partial charge in [-0.05, 0) is 41.2 Å². The second-order valence-corrected chi connectivity index (χ2v) is 10.5. The first-order valence-corrected chi connectivity index (χ1v) is 13.1. The lowest BCUT2D eigenvalue weighted by atomic mass is 9.83. The number of benzene rings is 2. The Kier molecular flexibility index (Phi) is 7.51. The fraction of sp³-hybridized carbons (Fsp3) is 0.250. The summed E-state index contributed by atoms with van der Waals surface area (Å²) in [7, 11) is 0. The standard InChI is InChI=1S/C32H31N3O5/c1-4-17-39-31(38)34-24-16-15-23(33-20-24)18-25-26-19-32(2,3)28(35(26)29(25)36)30(37)40-27(21-11-7-5-8-12-21)22-13-9-6-10-14-22/h4-16,18,20,26-28H,1,17,19H2,2-3H3,(H,34,38)/b25-18+/t26?,28-/m0/s1. The van der Waals surface area contributed by atoms with Crippen LogP contribution in [0, 0.1) is 5.41 Å². The van der Waals surface area contributed by atoms with Gasteiger partial charge < -0.3 is 14.4 Å². The minimum Gasteiger partial charge on any atom is -0.451 e. The maximum atomic E-state index is 13.7. The molecule has 2 aliphatic heterocycles. The van der Waals surface area contributed by atoms with Crippen molar-refractivity contribution in [2.75, 3.05) is 11.9 Å². The normalized spacial score (nSPS) is 20.0. The number of hydrogen-bond donors (Lipinski definition) is 1. The molecule has 0 saturated carbocycles. The van der Waals surface area contributed by atoms with Gasteiger partial charge in [0.1, 0.15) is 12.6 Å². The molecule has 0 spiro atoms. The first-order valence-electron chi connectivity index (χ1n) is 13.1. The Balaban J connectivity index is 1.32. The van der Waals surface area contributed by atoms with E-state index in [1.54, 1.807) is 23.1 Å². The molecule has 0 bridgehead atoms. The highest BCUT2D eigenvalue weighted by Crippen LogP contribution is 2.50. The first kappa shape index (κ1) is 26.9. The molecule has 8 nitrogen and oxygen atoms in total. The van der Waals surface area contributed by atoms with E-state index in [2.05, 4.69) is 16.9 Å². The van der Waals surface area contributed by atoms with Gasteiger partial charge in [-0.25, -0.2) is 9.59 Å². The Labute approximate surface area is 233 Å². The minimum atomic E-state index is -0.710. The van der Waals surface area contributed by atoms with Crippen LogP contribution in [0.4, 0.5) is 10.5 Å².